The maximum absolute atomic E-state index is 10.2. The molecule has 118 valence electrons. The summed E-state index contributed by atoms with van der Waals surface area (Å²) in [5.41, 5.74) is 0. The maximum atomic E-state index is 10.2. The predicted octanol–water partition coefficient (Wildman–Crippen LogP) is 2.51. The van der Waals surface area contributed by atoms with Gasteiger partial charge in [-0.1, -0.05) is 26.2 Å². The summed E-state index contributed by atoms with van der Waals surface area (Å²) in [4.78, 5) is 4.55. The van der Waals surface area contributed by atoms with Crippen molar-refractivity contribution in [1.82, 2.24) is 10.6 Å². The zero-order valence-corrected chi connectivity index (χ0v) is 15.1. The lowest BCUT2D eigenvalue weighted by atomic mass is 9.85. The Morgan fingerprint density at radius 1 is 1.30 bits per heavy atom. The van der Waals surface area contributed by atoms with E-state index in [4.69, 9.17) is 0 Å². The van der Waals surface area contributed by atoms with Crippen molar-refractivity contribution in [1.29, 1.82) is 0 Å². The number of aliphatic hydroxyl groups excluding tert-OH is 1. The molecule has 0 aromatic rings. The van der Waals surface area contributed by atoms with Crippen LogP contribution in [0.25, 0.3) is 0 Å². The zero-order chi connectivity index (χ0) is 13.7. The molecular formula is C15H30IN3O. The number of hydrogen-bond donors (Lipinski definition) is 3. The van der Waals surface area contributed by atoms with Crippen LogP contribution in [0.3, 0.4) is 0 Å². The second-order valence-electron chi connectivity index (χ2n) is 6.15. The molecule has 3 N–H and O–H groups in total. The zero-order valence-electron chi connectivity index (χ0n) is 12.8. The molecular weight excluding hydrogens is 365 g/mol. The first kappa shape index (κ1) is 18.0. The van der Waals surface area contributed by atoms with Crippen molar-refractivity contribution in [2.45, 2.75) is 64.5 Å². The van der Waals surface area contributed by atoms with Gasteiger partial charge in [0.15, 0.2) is 5.96 Å². The van der Waals surface area contributed by atoms with E-state index in [1.807, 2.05) is 0 Å². The molecule has 3 unspecified atom stereocenters. The molecule has 0 aromatic carbocycles. The molecule has 2 rings (SSSR count). The molecule has 4 nitrogen and oxygen atoms in total. The molecule has 0 radical (unpaired) electrons. The van der Waals surface area contributed by atoms with E-state index >= 15 is 0 Å². The van der Waals surface area contributed by atoms with Crippen molar-refractivity contribution in [2.75, 3.05) is 13.1 Å². The monoisotopic (exact) mass is 395 g/mol. The average Bonchev–Trinajstić information content (AvgIpc) is 3.12. The third kappa shape index (κ3) is 5.76. The van der Waals surface area contributed by atoms with Gasteiger partial charge in [0.05, 0.1) is 12.6 Å². The van der Waals surface area contributed by atoms with Gasteiger partial charge in [0.1, 0.15) is 0 Å². The molecule has 0 aromatic heterocycles. The van der Waals surface area contributed by atoms with Crippen molar-refractivity contribution in [2.24, 2.45) is 16.8 Å². The van der Waals surface area contributed by atoms with Crippen LogP contribution >= 0.6 is 24.0 Å². The van der Waals surface area contributed by atoms with Crippen LogP contribution in [0.2, 0.25) is 0 Å². The molecule has 3 atom stereocenters. The summed E-state index contributed by atoms with van der Waals surface area (Å²) in [6, 6.07) is 0.574. The Bertz CT molecular complexity index is 305. The van der Waals surface area contributed by atoms with Gasteiger partial charge in [0.25, 0.3) is 0 Å². The van der Waals surface area contributed by atoms with Gasteiger partial charge in [-0.15, -0.1) is 24.0 Å². The summed E-state index contributed by atoms with van der Waals surface area (Å²) in [6.07, 6.45) is 7.16. The number of nitrogens with one attached hydrogen (secondary N) is 2. The van der Waals surface area contributed by atoms with Crippen LogP contribution in [0.5, 0.6) is 0 Å². The molecule has 0 saturated heterocycles. The Hall–Kier alpha value is -0.0400. The third-order valence-corrected chi connectivity index (χ3v) is 4.41. The lowest BCUT2D eigenvalue weighted by Gasteiger charge is -2.25. The molecule has 0 aliphatic heterocycles. The highest BCUT2D eigenvalue weighted by atomic mass is 127. The lowest BCUT2D eigenvalue weighted by Crippen LogP contribution is -2.40. The van der Waals surface area contributed by atoms with E-state index in [2.05, 4.69) is 29.5 Å². The van der Waals surface area contributed by atoms with E-state index in [1.54, 1.807) is 0 Å². The summed E-state index contributed by atoms with van der Waals surface area (Å²) in [5.74, 6) is 2.08. The van der Waals surface area contributed by atoms with E-state index in [0.29, 0.717) is 18.5 Å². The molecule has 0 bridgehead atoms. The Kier molecular flexibility index (Phi) is 8.17. The lowest BCUT2D eigenvalue weighted by molar-refractivity contribution is 0.0923. The number of rotatable bonds is 5. The van der Waals surface area contributed by atoms with Crippen molar-refractivity contribution >= 4 is 29.9 Å². The Morgan fingerprint density at radius 3 is 2.50 bits per heavy atom. The van der Waals surface area contributed by atoms with E-state index in [9.17, 15) is 5.11 Å². The van der Waals surface area contributed by atoms with E-state index in [0.717, 1.165) is 18.4 Å². The van der Waals surface area contributed by atoms with Crippen LogP contribution in [-0.2, 0) is 0 Å². The molecule has 5 heteroatoms. The summed E-state index contributed by atoms with van der Waals surface area (Å²) < 4.78 is 0. The number of hydrogen-bond acceptors (Lipinski definition) is 2. The number of halogens is 1. The van der Waals surface area contributed by atoms with Crippen molar-refractivity contribution in [3.8, 4) is 0 Å². The van der Waals surface area contributed by atoms with Gasteiger partial charge in [0.2, 0.25) is 0 Å². The van der Waals surface area contributed by atoms with Gasteiger partial charge in [-0.3, -0.25) is 4.99 Å². The quantitative estimate of drug-likeness (QED) is 0.381. The van der Waals surface area contributed by atoms with Crippen LogP contribution < -0.4 is 10.6 Å². The molecule has 2 fully saturated rings. The maximum Gasteiger partial charge on any atom is 0.191 e. The average molecular weight is 395 g/mol. The predicted molar refractivity (Wildman–Crippen MR) is 94.7 cm³/mol. The fourth-order valence-corrected chi connectivity index (χ4v) is 2.87. The van der Waals surface area contributed by atoms with Gasteiger partial charge in [-0.05, 0) is 38.0 Å². The minimum Gasteiger partial charge on any atom is -0.391 e. The fourth-order valence-electron chi connectivity index (χ4n) is 2.87. The third-order valence-electron chi connectivity index (χ3n) is 4.41. The van der Waals surface area contributed by atoms with Gasteiger partial charge in [-0.2, -0.15) is 0 Å². The Balaban J connectivity index is 0.00000200. The molecule has 0 amide bonds. The molecule has 0 heterocycles. The highest BCUT2D eigenvalue weighted by Gasteiger charge is 2.33. The smallest absolute Gasteiger partial charge is 0.191 e. The second kappa shape index (κ2) is 9.07. The number of guanidine groups is 1. The standard InChI is InChI=1S/C15H29N3O.HI/c1-3-16-15(18-13-9-11(13)2)17-10-14(19)12-7-5-4-6-8-12;/h11-14,19H,3-10H2,1-2H3,(H2,16,17,18);1H. The highest BCUT2D eigenvalue weighted by molar-refractivity contribution is 14.0. The number of nitrogens with zero attached hydrogens (tertiary/aromatic N) is 1. The van der Waals surface area contributed by atoms with Crippen LogP contribution in [-0.4, -0.2) is 36.3 Å². The second-order valence-corrected chi connectivity index (χ2v) is 6.15. The number of aliphatic hydroxyl groups is 1. The summed E-state index contributed by atoms with van der Waals surface area (Å²) >= 11 is 0. The van der Waals surface area contributed by atoms with E-state index in [1.165, 1.54) is 38.5 Å². The van der Waals surface area contributed by atoms with Crippen LogP contribution in [0.15, 0.2) is 4.99 Å². The van der Waals surface area contributed by atoms with E-state index < -0.39 is 0 Å². The SMILES string of the molecule is CCNC(=NCC(O)C1CCCCC1)NC1CC1C.I. The first-order valence-electron chi connectivity index (χ1n) is 7.93. The van der Waals surface area contributed by atoms with Gasteiger partial charge in [-0.25, -0.2) is 0 Å². The van der Waals surface area contributed by atoms with Crippen molar-refractivity contribution < 1.29 is 5.11 Å². The molecule has 0 spiro atoms. The summed E-state index contributed by atoms with van der Waals surface area (Å²) in [6.45, 7) is 5.72. The molecule has 20 heavy (non-hydrogen) atoms. The molecule has 2 aliphatic rings. The fraction of sp³-hybridized carbons (Fsp3) is 0.933. The minimum absolute atomic E-state index is 0. The van der Waals surface area contributed by atoms with Gasteiger partial charge < -0.3 is 15.7 Å². The van der Waals surface area contributed by atoms with Crippen molar-refractivity contribution in [3.05, 3.63) is 0 Å². The normalized spacial score (nSPS) is 28.4. The van der Waals surface area contributed by atoms with Crippen LogP contribution in [0.1, 0.15) is 52.4 Å². The largest absolute Gasteiger partial charge is 0.391 e. The van der Waals surface area contributed by atoms with Crippen molar-refractivity contribution in [3.63, 3.8) is 0 Å². The first-order chi connectivity index (χ1) is 9.20. The van der Waals surface area contributed by atoms with Gasteiger partial charge in [0, 0.05) is 12.6 Å². The van der Waals surface area contributed by atoms with Crippen LogP contribution in [0, 0.1) is 11.8 Å². The molecule has 2 saturated carbocycles. The Morgan fingerprint density at radius 2 is 1.95 bits per heavy atom. The first-order valence-corrected chi connectivity index (χ1v) is 7.93. The highest BCUT2D eigenvalue weighted by Crippen LogP contribution is 2.29. The van der Waals surface area contributed by atoms with Crippen LogP contribution in [0.4, 0.5) is 0 Å². The summed E-state index contributed by atoms with van der Waals surface area (Å²) in [7, 11) is 0. The minimum atomic E-state index is -0.271. The van der Waals surface area contributed by atoms with Gasteiger partial charge >= 0.3 is 0 Å². The summed E-state index contributed by atoms with van der Waals surface area (Å²) in [5, 5.41) is 16.9. The molecule has 2 aliphatic carbocycles. The number of aliphatic imine (C=N–C) groups is 1. The topological polar surface area (TPSA) is 56.7 Å². The van der Waals surface area contributed by atoms with E-state index in [-0.39, 0.29) is 30.1 Å². The Labute approximate surface area is 140 Å².